The Morgan fingerprint density at radius 3 is 0.990 bits per heavy atom. The third-order valence-electron chi connectivity index (χ3n) is 26.8. The summed E-state index contributed by atoms with van der Waals surface area (Å²) in [6.07, 6.45) is 0. The largest absolute Gasteiger partial charge is 0.308 e. The summed E-state index contributed by atoms with van der Waals surface area (Å²) >= 11 is 0. The van der Waals surface area contributed by atoms with Gasteiger partial charge in [0.2, 0.25) is 0 Å². The van der Waals surface area contributed by atoms with Gasteiger partial charge in [-0.05, 0) is 179 Å². The quantitative estimate of drug-likeness (QED) is 0.156. The Balaban J connectivity index is 0.728. The van der Waals surface area contributed by atoms with E-state index in [2.05, 4.69) is 304 Å². The third-order valence-corrected chi connectivity index (χ3v) is 26.8. The SMILES string of the molecule is CC1(C)c2ccccc2-c2c1cc1c3cc4c(cc3n3c5ccccc5c2c13)c1cc2c(c3c5ccccc5n4c13)-c1ccc(-c3cccc4c3c3cc5c(c6c7cc8c(cc7n4c36)c3c4c(cc6c7ccccc7n8c63)C(C)(C)c3ccccc3-4)-c3ccccc3C5(C)C)cc1C2(C)C. The van der Waals surface area contributed by atoms with Crippen LogP contribution in [0, 0.1) is 0 Å². The summed E-state index contributed by atoms with van der Waals surface area (Å²) in [5.41, 5.74) is 39.4. The minimum absolute atomic E-state index is 0.137. The second-order valence-corrected chi connectivity index (χ2v) is 32.5. The highest BCUT2D eigenvalue weighted by Crippen LogP contribution is 2.63. The van der Waals surface area contributed by atoms with Gasteiger partial charge in [0, 0.05) is 108 Å². The first kappa shape index (κ1) is 52.4. The fourth-order valence-corrected chi connectivity index (χ4v) is 22.4. The first-order valence-corrected chi connectivity index (χ1v) is 36.0. The zero-order valence-corrected chi connectivity index (χ0v) is 56.7. The van der Waals surface area contributed by atoms with Gasteiger partial charge in [0.25, 0.3) is 0 Å². The monoisotopic (exact) mass is 1270 g/mol. The van der Waals surface area contributed by atoms with Crippen LogP contribution in [-0.4, -0.2) is 17.6 Å². The minimum atomic E-state index is -0.323. The number of hydrogen-bond donors (Lipinski definition) is 0. The van der Waals surface area contributed by atoms with Crippen LogP contribution in [0.2, 0.25) is 0 Å². The van der Waals surface area contributed by atoms with Gasteiger partial charge in [-0.3, -0.25) is 0 Å². The lowest BCUT2D eigenvalue weighted by atomic mass is 9.80. The van der Waals surface area contributed by atoms with Gasteiger partial charge in [0.15, 0.2) is 0 Å². The van der Waals surface area contributed by atoms with Gasteiger partial charge in [-0.1, -0.05) is 207 Å². The van der Waals surface area contributed by atoms with Crippen molar-refractivity contribution in [2.75, 3.05) is 0 Å². The zero-order valence-electron chi connectivity index (χ0n) is 56.7. The molecule has 8 aromatic heterocycles. The zero-order chi connectivity index (χ0) is 65.7. The molecular formula is C96H62N4. The summed E-state index contributed by atoms with van der Waals surface area (Å²) in [6, 6.07) is 90.7. The average Bonchev–Trinajstić information content (AvgIpc) is 1.51. The summed E-state index contributed by atoms with van der Waals surface area (Å²) in [5.74, 6) is 0. The first-order chi connectivity index (χ1) is 48.7. The maximum atomic E-state index is 2.69. The van der Waals surface area contributed by atoms with E-state index in [4.69, 9.17) is 0 Å². The molecule has 0 radical (unpaired) electrons. The van der Waals surface area contributed by atoms with E-state index in [0.717, 1.165) is 0 Å². The Hall–Kier alpha value is -11.7. The molecule has 0 saturated carbocycles. The molecule has 4 nitrogen and oxygen atoms in total. The molecule has 22 aromatic rings. The van der Waals surface area contributed by atoms with Crippen molar-refractivity contribution in [3.8, 4) is 55.6 Å². The number of benzene rings is 14. The Morgan fingerprint density at radius 1 is 0.190 bits per heavy atom. The van der Waals surface area contributed by atoms with Crippen LogP contribution in [-0.2, 0) is 21.7 Å². The number of nitrogens with zero attached hydrogens (tertiary/aromatic N) is 4. The van der Waals surface area contributed by atoms with Crippen molar-refractivity contribution in [3.63, 3.8) is 0 Å². The van der Waals surface area contributed by atoms with Gasteiger partial charge in [-0.15, -0.1) is 0 Å². The van der Waals surface area contributed by atoms with E-state index in [1.54, 1.807) is 0 Å². The molecule has 14 aromatic carbocycles. The molecule has 0 unspecified atom stereocenters. The molecule has 0 spiro atoms. The fraction of sp³-hybridized carbons (Fsp3) is 0.125. The normalized spacial score (nSPS) is 16.1. The predicted molar refractivity (Wildman–Crippen MR) is 421 cm³/mol. The van der Waals surface area contributed by atoms with E-state index in [1.165, 1.54) is 253 Å². The van der Waals surface area contributed by atoms with Gasteiger partial charge in [0.05, 0.1) is 66.2 Å². The molecule has 0 atom stereocenters. The van der Waals surface area contributed by atoms with Crippen LogP contribution >= 0.6 is 0 Å². The van der Waals surface area contributed by atoms with Crippen LogP contribution in [0.25, 0.3) is 208 Å². The fourth-order valence-electron chi connectivity index (χ4n) is 22.4. The lowest BCUT2D eigenvalue weighted by molar-refractivity contribution is 0.661. The van der Waals surface area contributed by atoms with Crippen molar-refractivity contribution in [3.05, 3.63) is 275 Å². The molecule has 0 fully saturated rings. The van der Waals surface area contributed by atoms with Gasteiger partial charge in [-0.2, -0.15) is 0 Å². The van der Waals surface area contributed by atoms with Crippen LogP contribution < -0.4 is 0 Å². The Kier molecular flexibility index (Phi) is 8.49. The molecule has 8 heterocycles. The Morgan fingerprint density at radius 2 is 0.510 bits per heavy atom. The van der Waals surface area contributed by atoms with Crippen LogP contribution in [0.3, 0.4) is 0 Å². The van der Waals surface area contributed by atoms with Gasteiger partial charge >= 0.3 is 0 Å². The highest BCUT2D eigenvalue weighted by molar-refractivity contribution is 6.37. The molecule has 0 saturated heterocycles. The van der Waals surface area contributed by atoms with Crippen molar-refractivity contribution in [2.45, 2.75) is 77.0 Å². The van der Waals surface area contributed by atoms with Crippen molar-refractivity contribution >= 4 is 152 Å². The van der Waals surface area contributed by atoms with Crippen molar-refractivity contribution in [2.24, 2.45) is 0 Å². The standard InChI is InChI=1S/C96H62N4/c1-93(2)65-30-16-10-24-51(65)82-68(93)39-58-49-22-12-18-32-72(49)97-78-45-62-79(46-61(78)87(82)89(58)97)100-75-35-21-28-48(80(75)63-42-71-83(88(62)92(63)100)52-25-11-17-31-66(52)95(71,5)6)47-36-37-53-67(38-47)96(7,8)70-41-60-57-44-76-56(43-77(57)99-74-34-20-14-27-55(74)86(84(53)70)91(60)99)59-40-69-81(50-23-9-15-29-64(50)94(69,3)4)85-54-26-13-19-33-73(54)98(76)90(59)85/h9-46H,1-8H3. The Labute approximate surface area is 574 Å². The van der Waals surface area contributed by atoms with E-state index in [1.807, 2.05) is 0 Å². The second kappa shape index (κ2) is 16.2. The molecule has 4 aliphatic rings. The van der Waals surface area contributed by atoms with Crippen LogP contribution in [0.15, 0.2) is 231 Å². The van der Waals surface area contributed by atoms with Crippen LogP contribution in [0.5, 0.6) is 0 Å². The number of rotatable bonds is 1. The molecule has 100 heavy (non-hydrogen) atoms. The van der Waals surface area contributed by atoms with E-state index in [0.29, 0.717) is 0 Å². The predicted octanol–water partition coefficient (Wildman–Crippen LogP) is 25.2. The lowest BCUT2D eigenvalue weighted by Crippen LogP contribution is -2.15. The smallest absolute Gasteiger partial charge is 0.0627 e. The van der Waals surface area contributed by atoms with Gasteiger partial charge in [-0.25, -0.2) is 0 Å². The summed E-state index contributed by atoms with van der Waals surface area (Å²) in [5, 5.41) is 21.4. The Bertz CT molecular complexity index is 7750. The molecular weight excluding hydrogens is 1210 g/mol. The number of para-hydroxylation sites is 3. The summed E-state index contributed by atoms with van der Waals surface area (Å²) in [7, 11) is 0. The summed E-state index contributed by atoms with van der Waals surface area (Å²) in [6.45, 7) is 19.7. The van der Waals surface area contributed by atoms with Gasteiger partial charge in [0.1, 0.15) is 0 Å². The van der Waals surface area contributed by atoms with Crippen molar-refractivity contribution in [1.82, 2.24) is 17.6 Å². The number of fused-ring (bicyclic) bond motifs is 40. The number of hydrogen-bond acceptors (Lipinski definition) is 0. The first-order valence-electron chi connectivity index (χ1n) is 36.0. The molecule has 26 rings (SSSR count). The highest BCUT2D eigenvalue weighted by atomic mass is 15.0. The van der Waals surface area contributed by atoms with Crippen molar-refractivity contribution in [1.29, 1.82) is 0 Å². The van der Waals surface area contributed by atoms with Crippen molar-refractivity contribution < 1.29 is 0 Å². The average molecular weight is 1270 g/mol. The maximum absolute atomic E-state index is 2.69. The molecule has 4 aliphatic carbocycles. The van der Waals surface area contributed by atoms with E-state index in [-0.39, 0.29) is 21.7 Å². The summed E-state index contributed by atoms with van der Waals surface area (Å²) in [4.78, 5) is 0. The molecule has 0 N–H and O–H groups in total. The van der Waals surface area contributed by atoms with Crippen LogP contribution in [0.1, 0.15) is 99.9 Å². The molecule has 466 valence electrons. The molecule has 0 amide bonds. The summed E-state index contributed by atoms with van der Waals surface area (Å²) < 4.78 is 10.6. The molecule has 0 bridgehead atoms. The third kappa shape index (κ3) is 5.39. The van der Waals surface area contributed by atoms with Crippen LogP contribution in [0.4, 0.5) is 0 Å². The molecule has 4 heteroatoms. The topological polar surface area (TPSA) is 17.6 Å². The number of aromatic nitrogens is 4. The highest BCUT2D eigenvalue weighted by Gasteiger charge is 2.45. The lowest BCUT2D eigenvalue weighted by Gasteiger charge is -2.22. The van der Waals surface area contributed by atoms with Gasteiger partial charge < -0.3 is 17.6 Å². The maximum Gasteiger partial charge on any atom is 0.0627 e. The second-order valence-electron chi connectivity index (χ2n) is 32.5. The minimum Gasteiger partial charge on any atom is -0.308 e. The van der Waals surface area contributed by atoms with E-state index in [9.17, 15) is 0 Å². The molecule has 0 aliphatic heterocycles. The van der Waals surface area contributed by atoms with E-state index >= 15 is 0 Å². The van der Waals surface area contributed by atoms with E-state index < -0.39 is 0 Å².